The molecule has 0 saturated heterocycles. The van der Waals surface area contributed by atoms with Crippen LogP contribution in [0.2, 0.25) is 0 Å². The molecule has 0 radical (unpaired) electrons. The summed E-state index contributed by atoms with van der Waals surface area (Å²) in [7, 11) is 0. The van der Waals surface area contributed by atoms with Gasteiger partial charge < -0.3 is 14.8 Å². The fraction of sp³-hybridized carbons (Fsp3) is 0.150. The molecule has 0 aliphatic heterocycles. The minimum absolute atomic E-state index is 0.0865. The number of alkyl halides is 4. The predicted octanol–water partition coefficient (Wildman–Crippen LogP) is 3.80. The van der Waals surface area contributed by atoms with Crippen molar-refractivity contribution >= 4 is 12.0 Å². The van der Waals surface area contributed by atoms with Crippen molar-refractivity contribution in [2.45, 2.75) is 19.8 Å². The molecule has 0 bridgehead atoms. The molecule has 0 aliphatic carbocycles. The molecule has 1 N–H and O–H groups in total. The zero-order chi connectivity index (χ0) is 22.2. The Morgan fingerprint density at radius 2 is 1.94 bits per heavy atom. The number of amides is 1. The molecule has 0 aliphatic rings. The number of carbonyl (C=O) groups excluding carboxylic acids is 1. The van der Waals surface area contributed by atoms with Crippen LogP contribution in [0.25, 0.3) is 11.9 Å². The third-order valence-electron chi connectivity index (χ3n) is 3.89. The van der Waals surface area contributed by atoms with Crippen LogP contribution in [0.5, 0.6) is 11.5 Å². The van der Waals surface area contributed by atoms with Gasteiger partial charge in [-0.1, -0.05) is 6.07 Å². The van der Waals surface area contributed by atoms with Gasteiger partial charge in [-0.2, -0.15) is 17.6 Å². The van der Waals surface area contributed by atoms with E-state index >= 15 is 0 Å². The molecule has 1 aromatic carbocycles. The second-order valence-electron chi connectivity index (χ2n) is 6.00. The molecule has 0 atom stereocenters. The number of ether oxygens (including phenoxy) is 2. The molecule has 11 heteroatoms. The summed E-state index contributed by atoms with van der Waals surface area (Å²) < 4.78 is 60.0. The second kappa shape index (κ2) is 10.2. The lowest BCUT2D eigenvalue weighted by atomic mass is 10.1. The Kier molecular flexibility index (Phi) is 7.20. The standard InChI is InChI=1S/C20H16F4N4O3/c21-19(22)30-15-4-2-14(16(9-15)31-20(23)24)3-6-18(29)27-11-13-1-5-17(26-10-13)28-8-7-25-12-28/h1-10,12,19-20H,11H2,(H,27,29)/b6-3+. The first-order chi connectivity index (χ1) is 14.9. The normalized spacial score (nSPS) is 11.3. The number of aromatic nitrogens is 3. The van der Waals surface area contributed by atoms with E-state index in [0.717, 1.165) is 23.8 Å². The molecule has 3 aromatic rings. The maximum atomic E-state index is 12.6. The highest BCUT2D eigenvalue weighted by Crippen LogP contribution is 2.28. The van der Waals surface area contributed by atoms with Crippen molar-refractivity contribution in [3.63, 3.8) is 0 Å². The summed E-state index contributed by atoms with van der Waals surface area (Å²) in [5.41, 5.74) is 0.823. The van der Waals surface area contributed by atoms with E-state index in [-0.39, 0.29) is 17.9 Å². The lowest BCUT2D eigenvalue weighted by Gasteiger charge is -2.11. The highest BCUT2D eigenvalue weighted by molar-refractivity contribution is 5.92. The number of pyridine rings is 1. The Bertz CT molecular complexity index is 1030. The molecular formula is C20H16F4N4O3. The Hall–Kier alpha value is -3.89. The number of nitrogens with zero attached hydrogens (tertiary/aromatic N) is 3. The van der Waals surface area contributed by atoms with E-state index in [0.29, 0.717) is 5.82 Å². The summed E-state index contributed by atoms with van der Waals surface area (Å²) in [6.45, 7) is -6.11. The van der Waals surface area contributed by atoms with Crippen molar-refractivity contribution in [3.8, 4) is 17.3 Å². The van der Waals surface area contributed by atoms with E-state index in [2.05, 4.69) is 24.8 Å². The van der Waals surface area contributed by atoms with Crippen LogP contribution in [0.3, 0.4) is 0 Å². The van der Waals surface area contributed by atoms with Crippen LogP contribution in [-0.4, -0.2) is 33.7 Å². The van der Waals surface area contributed by atoms with Crippen molar-refractivity contribution in [2.75, 3.05) is 0 Å². The van der Waals surface area contributed by atoms with E-state index in [1.54, 1.807) is 41.6 Å². The van der Waals surface area contributed by atoms with Gasteiger partial charge in [-0.25, -0.2) is 9.97 Å². The minimum Gasteiger partial charge on any atom is -0.435 e. The molecule has 0 spiro atoms. The molecule has 0 fully saturated rings. The highest BCUT2D eigenvalue weighted by Gasteiger charge is 2.12. The number of halogens is 4. The molecule has 31 heavy (non-hydrogen) atoms. The lowest BCUT2D eigenvalue weighted by molar-refractivity contribution is -0.116. The van der Waals surface area contributed by atoms with Crippen molar-refractivity contribution in [1.82, 2.24) is 19.9 Å². The summed E-state index contributed by atoms with van der Waals surface area (Å²) in [6.07, 6.45) is 8.89. The summed E-state index contributed by atoms with van der Waals surface area (Å²) in [6, 6.07) is 6.80. The van der Waals surface area contributed by atoms with Crippen molar-refractivity contribution in [3.05, 3.63) is 72.5 Å². The van der Waals surface area contributed by atoms with Gasteiger partial charge in [0.1, 0.15) is 23.6 Å². The largest absolute Gasteiger partial charge is 0.435 e. The summed E-state index contributed by atoms with van der Waals surface area (Å²) in [4.78, 5) is 20.2. The number of rotatable bonds is 9. The van der Waals surface area contributed by atoms with Gasteiger partial charge in [0.25, 0.3) is 0 Å². The molecule has 7 nitrogen and oxygen atoms in total. The van der Waals surface area contributed by atoms with Gasteiger partial charge in [0.05, 0.1) is 0 Å². The van der Waals surface area contributed by atoms with Crippen LogP contribution in [-0.2, 0) is 11.3 Å². The molecule has 1 amide bonds. The monoisotopic (exact) mass is 436 g/mol. The van der Waals surface area contributed by atoms with E-state index in [1.807, 2.05) is 0 Å². The molecule has 162 valence electrons. The average molecular weight is 436 g/mol. The van der Waals surface area contributed by atoms with Crippen LogP contribution in [0.4, 0.5) is 17.6 Å². The first-order valence-corrected chi connectivity index (χ1v) is 8.83. The maximum Gasteiger partial charge on any atom is 0.387 e. The van der Waals surface area contributed by atoms with Crippen LogP contribution in [0.1, 0.15) is 11.1 Å². The molecular weight excluding hydrogens is 420 g/mol. The topological polar surface area (TPSA) is 78.3 Å². The fourth-order valence-electron chi connectivity index (χ4n) is 2.51. The first kappa shape index (κ1) is 21.8. The number of nitrogens with one attached hydrogen (secondary N) is 1. The number of hydrogen-bond donors (Lipinski definition) is 1. The SMILES string of the molecule is O=C(/C=C/c1ccc(OC(F)F)cc1OC(F)F)NCc1ccc(-n2ccnc2)nc1. The fourth-order valence-corrected chi connectivity index (χ4v) is 2.51. The predicted molar refractivity (Wildman–Crippen MR) is 102 cm³/mol. The Morgan fingerprint density at radius 1 is 1.13 bits per heavy atom. The summed E-state index contributed by atoms with van der Waals surface area (Å²) in [5.74, 6) is -0.594. The van der Waals surface area contributed by atoms with E-state index < -0.39 is 24.9 Å². The second-order valence-corrected chi connectivity index (χ2v) is 6.00. The quantitative estimate of drug-likeness (QED) is 0.408. The van der Waals surface area contributed by atoms with Gasteiger partial charge in [0, 0.05) is 42.8 Å². The van der Waals surface area contributed by atoms with Crippen molar-refractivity contribution in [1.29, 1.82) is 0 Å². The van der Waals surface area contributed by atoms with Gasteiger partial charge in [-0.05, 0) is 29.8 Å². The van der Waals surface area contributed by atoms with Gasteiger partial charge in [-0.3, -0.25) is 9.36 Å². The van der Waals surface area contributed by atoms with E-state index in [4.69, 9.17) is 0 Å². The van der Waals surface area contributed by atoms with Crippen LogP contribution in [0, 0.1) is 0 Å². The summed E-state index contributed by atoms with van der Waals surface area (Å²) >= 11 is 0. The Morgan fingerprint density at radius 3 is 2.58 bits per heavy atom. The Labute approximate surface area is 174 Å². The smallest absolute Gasteiger partial charge is 0.387 e. The third kappa shape index (κ3) is 6.56. The van der Waals surface area contributed by atoms with Gasteiger partial charge >= 0.3 is 13.2 Å². The molecule has 2 aromatic heterocycles. The molecule has 3 rings (SSSR count). The van der Waals surface area contributed by atoms with Crippen molar-refractivity contribution in [2.24, 2.45) is 0 Å². The number of imidazole rings is 1. The lowest BCUT2D eigenvalue weighted by Crippen LogP contribution is -2.20. The van der Waals surface area contributed by atoms with Gasteiger partial charge in [0.15, 0.2) is 0 Å². The average Bonchev–Trinajstić information content (AvgIpc) is 3.26. The minimum atomic E-state index is -3.18. The third-order valence-corrected chi connectivity index (χ3v) is 3.89. The van der Waals surface area contributed by atoms with Crippen LogP contribution >= 0.6 is 0 Å². The van der Waals surface area contributed by atoms with Crippen molar-refractivity contribution < 1.29 is 31.8 Å². The first-order valence-electron chi connectivity index (χ1n) is 8.83. The van der Waals surface area contributed by atoms with Gasteiger partial charge in [0.2, 0.25) is 5.91 Å². The van der Waals surface area contributed by atoms with Crippen LogP contribution in [0.15, 0.2) is 61.3 Å². The Balaban J connectivity index is 1.61. The van der Waals surface area contributed by atoms with E-state index in [9.17, 15) is 22.4 Å². The highest BCUT2D eigenvalue weighted by atomic mass is 19.3. The van der Waals surface area contributed by atoms with E-state index in [1.165, 1.54) is 12.1 Å². The summed E-state index contributed by atoms with van der Waals surface area (Å²) in [5, 5.41) is 2.62. The molecule has 2 heterocycles. The number of hydrogen-bond acceptors (Lipinski definition) is 5. The zero-order valence-electron chi connectivity index (χ0n) is 15.8. The maximum absolute atomic E-state index is 12.6. The number of carbonyl (C=O) groups is 1. The molecule has 0 unspecified atom stereocenters. The number of benzene rings is 1. The zero-order valence-corrected chi connectivity index (χ0v) is 15.8. The van der Waals surface area contributed by atoms with Crippen LogP contribution < -0.4 is 14.8 Å². The van der Waals surface area contributed by atoms with Gasteiger partial charge in [-0.15, -0.1) is 0 Å². The molecule has 0 saturated carbocycles.